The van der Waals surface area contributed by atoms with E-state index in [9.17, 15) is 32.6 Å². The molecule has 11 nitrogen and oxygen atoms in total. The van der Waals surface area contributed by atoms with Crippen molar-refractivity contribution in [2.24, 2.45) is 0 Å². The van der Waals surface area contributed by atoms with Gasteiger partial charge >= 0.3 is 12.1 Å². The molecule has 6 atom stereocenters. The number of carbonyl (C=O) groups excluding carboxylic acids is 1. The second kappa shape index (κ2) is 14.5. The van der Waals surface area contributed by atoms with Gasteiger partial charge < -0.3 is 34.8 Å². The van der Waals surface area contributed by atoms with Crippen LogP contribution in [0.25, 0.3) is 11.2 Å². The molecule has 1 unspecified atom stereocenters. The Hall–Kier alpha value is -4.34. The summed E-state index contributed by atoms with van der Waals surface area (Å²) in [6, 6.07) is 14.1. The molecule has 1 saturated carbocycles. The third-order valence-electron chi connectivity index (χ3n) is 9.88. The van der Waals surface area contributed by atoms with Crippen LogP contribution in [0.3, 0.4) is 0 Å². The summed E-state index contributed by atoms with van der Waals surface area (Å²) in [5, 5.41) is 25.7. The minimum absolute atomic E-state index is 0.148. The number of amides is 1. The number of hydrogen-bond acceptors (Lipinski definition) is 9. The summed E-state index contributed by atoms with van der Waals surface area (Å²) in [6.07, 6.45) is -5.86. The minimum Gasteiger partial charge on any atom is -0.388 e. The van der Waals surface area contributed by atoms with Gasteiger partial charge in [0.15, 0.2) is 17.0 Å². The average Bonchev–Trinajstić information content (AvgIpc) is 3.83. The number of anilines is 2. The zero-order valence-electron chi connectivity index (χ0n) is 28.1. The van der Waals surface area contributed by atoms with Crippen molar-refractivity contribution in [3.63, 3.8) is 0 Å². The number of halogens is 4. The molecule has 268 valence electrons. The molecule has 0 spiro atoms. The SMILES string of the molecule is CCCN(C(=O)C(F)(F)F)[C@H]1C[C@@H](n2cnc3c(NCC(c4ccccc4)c4ccc(F)cc4)nc(N4CC[C@@H](N(C)C)C4)nc32)[C@H](O)[C@@H]1O. The van der Waals surface area contributed by atoms with Crippen LogP contribution < -0.4 is 10.2 Å². The molecule has 4 aromatic rings. The van der Waals surface area contributed by atoms with Gasteiger partial charge in [-0.1, -0.05) is 49.4 Å². The van der Waals surface area contributed by atoms with Gasteiger partial charge in [-0.2, -0.15) is 23.1 Å². The van der Waals surface area contributed by atoms with Gasteiger partial charge in [0.25, 0.3) is 0 Å². The number of aliphatic hydroxyl groups is 2. The van der Waals surface area contributed by atoms with Crippen LogP contribution in [-0.4, -0.2) is 116 Å². The van der Waals surface area contributed by atoms with Crippen molar-refractivity contribution >= 4 is 28.8 Å². The van der Waals surface area contributed by atoms with Crippen LogP contribution >= 0.6 is 0 Å². The molecule has 0 bridgehead atoms. The van der Waals surface area contributed by atoms with E-state index in [-0.39, 0.29) is 37.2 Å². The highest BCUT2D eigenvalue weighted by Gasteiger charge is 2.51. The Balaban J connectivity index is 1.38. The third-order valence-corrected chi connectivity index (χ3v) is 9.88. The summed E-state index contributed by atoms with van der Waals surface area (Å²) in [5.41, 5.74) is 2.57. The lowest BCUT2D eigenvalue weighted by Gasteiger charge is -2.31. The number of likely N-dealkylation sites (N-methyl/N-ethyl adjacent to an activating group) is 1. The lowest BCUT2D eigenvalue weighted by atomic mass is 9.91. The highest BCUT2D eigenvalue weighted by Crippen LogP contribution is 2.38. The smallest absolute Gasteiger partial charge is 0.388 e. The number of aliphatic hydroxyl groups excluding tert-OH is 2. The van der Waals surface area contributed by atoms with Crippen molar-refractivity contribution < 1.29 is 32.6 Å². The molecule has 2 fully saturated rings. The molecule has 15 heteroatoms. The number of alkyl halides is 3. The maximum Gasteiger partial charge on any atom is 0.471 e. The normalized spacial score (nSPS) is 23.2. The van der Waals surface area contributed by atoms with E-state index in [1.807, 2.05) is 44.4 Å². The van der Waals surface area contributed by atoms with Gasteiger partial charge in [-0.15, -0.1) is 0 Å². The lowest BCUT2D eigenvalue weighted by molar-refractivity contribution is -0.190. The fourth-order valence-corrected chi connectivity index (χ4v) is 7.16. The molecule has 6 rings (SSSR count). The van der Waals surface area contributed by atoms with E-state index in [4.69, 9.17) is 9.97 Å². The highest BCUT2D eigenvalue weighted by atomic mass is 19.4. The number of rotatable bonds is 11. The number of fused-ring (bicyclic) bond motifs is 1. The van der Waals surface area contributed by atoms with Gasteiger partial charge in [-0.3, -0.25) is 4.79 Å². The Bertz CT molecular complexity index is 1770. The first-order valence-electron chi connectivity index (χ1n) is 16.8. The summed E-state index contributed by atoms with van der Waals surface area (Å²) < 4.78 is 56.1. The first kappa shape index (κ1) is 35.5. The van der Waals surface area contributed by atoms with Crippen LogP contribution in [0.5, 0.6) is 0 Å². The van der Waals surface area contributed by atoms with Gasteiger partial charge in [-0.25, -0.2) is 9.37 Å². The quantitative estimate of drug-likeness (QED) is 0.198. The molecule has 1 aliphatic carbocycles. The number of hydrogen-bond donors (Lipinski definition) is 3. The van der Waals surface area contributed by atoms with Gasteiger partial charge in [-0.05, 0) is 56.6 Å². The molecule has 0 radical (unpaired) electrons. The van der Waals surface area contributed by atoms with E-state index >= 15 is 0 Å². The number of carbonyl (C=O) groups is 1. The summed E-state index contributed by atoms with van der Waals surface area (Å²) in [4.78, 5) is 31.6. The number of imidazole rings is 1. The Kier molecular flexibility index (Phi) is 10.3. The number of benzene rings is 2. The predicted molar refractivity (Wildman–Crippen MR) is 180 cm³/mol. The van der Waals surface area contributed by atoms with Gasteiger partial charge in [0.2, 0.25) is 5.95 Å². The van der Waals surface area contributed by atoms with Crippen molar-refractivity contribution in [1.82, 2.24) is 29.3 Å². The fraction of sp³-hybridized carbons (Fsp3) is 0.486. The van der Waals surface area contributed by atoms with Gasteiger partial charge in [0.05, 0.1) is 18.4 Å². The van der Waals surface area contributed by atoms with Crippen LogP contribution in [-0.2, 0) is 4.79 Å². The minimum atomic E-state index is -5.13. The predicted octanol–water partition coefficient (Wildman–Crippen LogP) is 4.19. The molecule has 1 aliphatic heterocycles. The van der Waals surface area contributed by atoms with E-state index in [1.165, 1.54) is 18.5 Å². The first-order chi connectivity index (χ1) is 23.9. The number of nitrogens with zero attached hydrogens (tertiary/aromatic N) is 7. The topological polar surface area (TPSA) is 123 Å². The van der Waals surface area contributed by atoms with E-state index in [0.29, 0.717) is 47.5 Å². The fourth-order valence-electron chi connectivity index (χ4n) is 7.16. The molecule has 3 heterocycles. The summed E-state index contributed by atoms with van der Waals surface area (Å²) >= 11 is 0. The maximum atomic E-state index is 13.9. The first-order valence-corrected chi connectivity index (χ1v) is 16.8. The van der Waals surface area contributed by atoms with Crippen molar-refractivity contribution in [2.45, 2.75) is 68.6 Å². The van der Waals surface area contributed by atoms with Crippen LogP contribution in [0.1, 0.15) is 49.3 Å². The highest BCUT2D eigenvalue weighted by molar-refractivity contribution is 5.85. The number of aromatic nitrogens is 4. The van der Waals surface area contributed by atoms with Crippen LogP contribution in [0.15, 0.2) is 60.9 Å². The zero-order valence-corrected chi connectivity index (χ0v) is 28.1. The van der Waals surface area contributed by atoms with Crippen LogP contribution in [0, 0.1) is 5.82 Å². The van der Waals surface area contributed by atoms with Crippen molar-refractivity contribution in [2.75, 3.05) is 50.5 Å². The summed E-state index contributed by atoms with van der Waals surface area (Å²) in [7, 11) is 4.02. The zero-order chi connectivity index (χ0) is 35.7. The van der Waals surface area contributed by atoms with Crippen LogP contribution in [0.4, 0.5) is 29.3 Å². The van der Waals surface area contributed by atoms with Crippen molar-refractivity contribution in [3.8, 4) is 0 Å². The second-order valence-electron chi connectivity index (χ2n) is 13.3. The van der Waals surface area contributed by atoms with Crippen molar-refractivity contribution in [1.29, 1.82) is 0 Å². The van der Waals surface area contributed by atoms with E-state index in [1.54, 1.807) is 23.6 Å². The third kappa shape index (κ3) is 7.12. The van der Waals surface area contributed by atoms with Gasteiger partial charge in [0, 0.05) is 38.1 Å². The lowest BCUT2D eigenvalue weighted by Crippen LogP contribution is -2.51. The summed E-state index contributed by atoms with van der Waals surface area (Å²) in [5.74, 6) is -1.77. The van der Waals surface area contributed by atoms with Crippen LogP contribution in [0.2, 0.25) is 0 Å². The molecule has 2 aromatic heterocycles. The Morgan fingerprint density at radius 1 is 1.04 bits per heavy atom. The monoisotopic (exact) mass is 698 g/mol. The molecular weight excluding hydrogens is 656 g/mol. The molecule has 2 aliphatic rings. The Morgan fingerprint density at radius 2 is 1.74 bits per heavy atom. The molecule has 1 saturated heterocycles. The maximum absolute atomic E-state index is 13.9. The summed E-state index contributed by atoms with van der Waals surface area (Å²) in [6.45, 7) is 3.10. The largest absolute Gasteiger partial charge is 0.471 e. The van der Waals surface area contributed by atoms with E-state index in [2.05, 4.69) is 20.1 Å². The molecular formula is C35H42F4N8O3. The molecule has 3 N–H and O–H groups in total. The molecule has 50 heavy (non-hydrogen) atoms. The average molecular weight is 699 g/mol. The molecule has 2 aromatic carbocycles. The molecule has 1 amide bonds. The Labute approximate surface area is 287 Å². The van der Waals surface area contributed by atoms with E-state index < -0.39 is 36.4 Å². The Morgan fingerprint density at radius 3 is 2.38 bits per heavy atom. The van der Waals surface area contributed by atoms with Gasteiger partial charge in [0.1, 0.15) is 18.0 Å². The second-order valence-corrected chi connectivity index (χ2v) is 13.3. The van der Waals surface area contributed by atoms with Crippen molar-refractivity contribution in [3.05, 3.63) is 77.9 Å². The van der Waals surface area contributed by atoms with E-state index in [0.717, 1.165) is 17.5 Å². The number of nitrogens with one attached hydrogen (secondary N) is 1. The standard InChI is InChI=1S/C35H42F4N8O3/c1-4-15-46(33(50)35(37,38)39)26-17-27(30(49)29(26)48)47-20-41-28-31(42-34(43-32(28)47)45-16-14-24(19-45)44(2)3)40-18-25(21-8-6-5-7-9-21)22-10-12-23(36)13-11-22/h5-13,20,24-27,29-30,48-49H,4,14-19H2,1-3H3,(H,40,42,43)/t24-,25?,26+,27-,29-,30+/m1/s1.